The van der Waals surface area contributed by atoms with E-state index in [-0.39, 0.29) is 35.8 Å². The van der Waals surface area contributed by atoms with Gasteiger partial charge >= 0.3 is 0 Å². The van der Waals surface area contributed by atoms with Gasteiger partial charge in [-0.1, -0.05) is 43.6 Å². The summed E-state index contributed by atoms with van der Waals surface area (Å²) in [5, 5.41) is 18.0. The third kappa shape index (κ3) is 6.76. The third-order valence-corrected chi connectivity index (χ3v) is 9.33. The number of ketones is 1. The average Bonchev–Trinajstić information content (AvgIpc) is 2.98. The number of aromatic hydroxyl groups is 1. The minimum Gasteiger partial charge on any atom is -0.504 e. The molecule has 0 aromatic heterocycles. The van der Waals surface area contributed by atoms with Crippen molar-refractivity contribution in [3.8, 4) is 11.5 Å². The van der Waals surface area contributed by atoms with Gasteiger partial charge in [0.25, 0.3) is 0 Å². The van der Waals surface area contributed by atoms with Crippen molar-refractivity contribution in [2.75, 3.05) is 40.9 Å². The van der Waals surface area contributed by atoms with E-state index in [0.29, 0.717) is 31.0 Å². The first-order chi connectivity index (χ1) is 20.4. The van der Waals surface area contributed by atoms with E-state index in [0.717, 1.165) is 68.2 Å². The van der Waals surface area contributed by atoms with Crippen molar-refractivity contribution in [2.45, 2.75) is 82.1 Å². The summed E-state index contributed by atoms with van der Waals surface area (Å²) in [5.74, 6) is 0.670. The van der Waals surface area contributed by atoms with Crippen molar-refractivity contribution >= 4 is 17.8 Å². The number of rotatable bonds is 15. The SMILES string of the molecule is COC1=C[C@H]2[C@H]3Cc4c(/C=C/C(=O)NCCCCCCCCCCN=[N+]=[N-])cc(OC)c(O)c4[C@@]2(CCN3C)CC1=O. The Morgan fingerprint density at radius 2 is 1.90 bits per heavy atom. The van der Waals surface area contributed by atoms with E-state index in [1.807, 2.05) is 12.2 Å². The van der Waals surface area contributed by atoms with Crippen molar-refractivity contribution in [3.63, 3.8) is 0 Å². The highest BCUT2D eigenvalue weighted by Crippen LogP contribution is 2.58. The van der Waals surface area contributed by atoms with Crippen LogP contribution in [-0.4, -0.2) is 68.6 Å². The Labute approximate surface area is 248 Å². The zero-order valence-electron chi connectivity index (χ0n) is 25.2. The fourth-order valence-corrected chi connectivity index (χ4v) is 7.13. The van der Waals surface area contributed by atoms with E-state index in [9.17, 15) is 14.7 Å². The van der Waals surface area contributed by atoms with E-state index in [1.165, 1.54) is 27.1 Å². The van der Waals surface area contributed by atoms with E-state index in [1.54, 1.807) is 12.1 Å². The lowest BCUT2D eigenvalue weighted by molar-refractivity contribution is -0.123. The van der Waals surface area contributed by atoms with E-state index < -0.39 is 5.41 Å². The standard InChI is InChI=1S/C32H45N5O5/c1-37-17-14-32-21-26(38)27(41-2)20-24(32)25(37)19-23-22(18-28(42-3)31(40)30(23)32)12-13-29(39)34-15-10-8-6-4-5-7-9-11-16-35-36-33/h12-13,18,20,24-25,40H,4-11,14-17,19,21H2,1-3H3,(H,34,39)/b13-12+/t24-,25+,32-/m0/s1. The Kier molecular flexibility index (Phi) is 10.9. The normalized spacial score (nSPS) is 23.0. The number of amides is 1. The van der Waals surface area contributed by atoms with Crippen LogP contribution >= 0.6 is 0 Å². The largest absolute Gasteiger partial charge is 0.504 e. The number of likely N-dealkylation sites (tertiary alicyclic amines) is 1. The number of carbonyl (C=O) groups excluding carboxylic acids is 2. The van der Waals surface area contributed by atoms with Crippen LogP contribution in [-0.2, 0) is 26.2 Å². The highest BCUT2D eigenvalue weighted by molar-refractivity contribution is 5.96. The molecule has 3 aliphatic rings. The van der Waals surface area contributed by atoms with E-state index in [2.05, 4.69) is 27.3 Å². The van der Waals surface area contributed by atoms with Crippen molar-refractivity contribution < 1.29 is 24.2 Å². The Hall–Kier alpha value is -3.49. The molecule has 0 spiro atoms. The smallest absolute Gasteiger partial charge is 0.243 e. The Bertz CT molecular complexity index is 1250. The van der Waals surface area contributed by atoms with Gasteiger partial charge < -0.3 is 24.8 Å². The van der Waals surface area contributed by atoms with E-state index in [4.69, 9.17) is 15.0 Å². The van der Waals surface area contributed by atoms with Crippen LogP contribution in [0, 0.1) is 5.92 Å². The summed E-state index contributed by atoms with van der Waals surface area (Å²) in [6.07, 6.45) is 15.7. The van der Waals surface area contributed by atoms with Gasteiger partial charge in [-0.3, -0.25) is 9.59 Å². The van der Waals surface area contributed by atoms with Crippen LogP contribution in [0.15, 0.2) is 29.1 Å². The summed E-state index contributed by atoms with van der Waals surface area (Å²) >= 11 is 0. The molecule has 4 rings (SSSR count). The maximum absolute atomic E-state index is 13.1. The fourth-order valence-electron chi connectivity index (χ4n) is 7.13. The predicted octanol–water partition coefficient (Wildman–Crippen LogP) is 5.58. The monoisotopic (exact) mass is 579 g/mol. The fraction of sp³-hybridized carbons (Fsp3) is 0.625. The van der Waals surface area contributed by atoms with Crippen LogP contribution in [0.2, 0.25) is 0 Å². The van der Waals surface area contributed by atoms with Gasteiger partial charge in [-0.15, -0.1) is 0 Å². The molecular formula is C32H45N5O5. The number of benzene rings is 1. The number of allylic oxidation sites excluding steroid dienone is 1. The molecule has 3 atom stereocenters. The number of Topliss-reactive ketones (excluding diaryl/α,β-unsaturated/α-hetero) is 1. The molecule has 1 aromatic rings. The van der Waals surface area contributed by atoms with Gasteiger partial charge in [0.2, 0.25) is 5.91 Å². The Morgan fingerprint density at radius 1 is 1.19 bits per heavy atom. The molecule has 10 heteroatoms. The number of ether oxygens (including phenoxy) is 2. The molecule has 2 N–H and O–H groups in total. The van der Waals surface area contributed by atoms with Crippen LogP contribution in [0.1, 0.15) is 80.9 Å². The lowest BCUT2D eigenvalue weighted by atomic mass is 9.53. The minimum absolute atomic E-state index is 0.0266. The van der Waals surface area contributed by atoms with Gasteiger partial charge in [0.1, 0.15) is 0 Å². The lowest BCUT2D eigenvalue weighted by Gasteiger charge is -2.56. The lowest BCUT2D eigenvalue weighted by Crippen LogP contribution is -2.60. The summed E-state index contributed by atoms with van der Waals surface area (Å²) in [6.45, 7) is 2.04. The maximum Gasteiger partial charge on any atom is 0.243 e. The minimum atomic E-state index is -0.542. The van der Waals surface area contributed by atoms with Gasteiger partial charge in [0.05, 0.1) is 14.2 Å². The van der Waals surface area contributed by atoms with Crippen molar-refractivity contribution in [2.24, 2.45) is 11.0 Å². The number of nitrogens with zero attached hydrogens (tertiary/aromatic N) is 4. The Morgan fingerprint density at radius 3 is 2.60 bits per heavy atom. The number of likely N-dealkylation sites (N-methyl/N-ethyl adjacent to an activating group) is 1. The molecule has 2 bridgehead atoms. The molecule has 1 heterocycles. The number of nitrogens with one attached hydrogen (secondary N) is 1. The zero-order chi connectivity index (χ0) is 30.1. The van der Waals surface area contributed by atoms with Gasteiger partial charge in [-0.2, -0.15) is 0 Å². The number of phenols is 1. The summed E-state index contributed by atoms with van der Waals surface area (Å²) in [7, 11) is 5.17. The van der Waals surface area contributed by atoms with Crippen LogP contribution in [0.5, 0.6) is 11.5 Å². The number of fused-ring (bicyclic) bond motifs is 1. The molecule has 42 heavy (non-hydrogen) atoms. The number of unbranched alkanes of at least 4 members (excludes halogenated alkanes) is 7. The molecule has 1 fully saturated rings. The molecule has 1 amide bonds. The van der Waals surface area contributed by atoms with Gasteiger partial charge in [0.15, 0.2) is 23.0 Å². The summed E-state index contributed by atoms with van der Waals surface area (Å²) in [5.41, 5.74) is 10.3. The molecule has 0 saturated carbocycles. The van der Waals surface area contributed by atoms with Crippen LogP contribution in [0.3, 0.4) is 0 Å². The van der Waals surface area contributed by atoms with Gasteiger partial charge in [-0.25, -0.2) is 0 Å². The van der Waals surface area contributed by atoms with Crippen LogP contribution in [0.4, 0.5) is 0 Å². The molecule has 1 aromatic carbocycles. The van der Waals surface area contributed by atoms with Crippen molar-refractivity contribution in [3.05, 3.63) is 51.1 Å². The molecule has 0 unspecified atom stereocenters. The number of phenolic OH excluding ortho intramolecular Hbond substituents is 1. The molecule has 10 nitrogen and oxygen atoms in total. The quantitative estimate of drug-likeness (QED) is 0.0915. The number of azide groups is 1. The number of hydrogen-bond acceptors (Lipinski definition) is 7. The Balaban J connectivity index is 1.40. The van der Waals surface area contributed by atoms with Crippen molar-refractivity contribution in [1.29, 1.82) is 0 Å². The molecule has 1 aliphatic heterocycles. The van der Waals surface area contributed by atoms with Crippen LogP contribution < -0.4 is 10.1 Å². The molecular weight excluding hydrogens is 534 g/mol. The first kappa shape index (κ1) is 31.4. The van der Waals surface area contributed by atoms with Crippen LogP contribution in [0.25, 0.3) is 16.5 Å². The average molecular weight is 580 g/mol. The molecule has 228 valence electrons. The second-order valence-corrected chi connectivity index (χ2v) is 11.8. The number of hydrogen-bond donors (Lipinski definition) is 2. The van der Waals surface area contributed by atoms with Gasteiger partial charge in [0, 0.05) is 53.4 Å². The summed E-state index contributed by atoms with van der Waals surface area (Å²) in [4.78, 5) is 30.9. The molecule has 1 saturated heterocycles. The van der Waals surface area contributed by atoms with E-state index >= 15 is 0 Å². The highest BCUT2D eigenvalue weighted by Gasteiger charge is 2.57. The second-order valence-electron chi connectivity index (χ2n) is 11.8. The summed E-state index contributed by atoms with van der Waals surface area (Å²) < 4.78 is 11.0. The number of piperidine rings is 1. The summed E-state index contributed by atoms with van der Waals surface area (Å²) in [6, 6.07) is 1.94. The molecule has 0 radical (unpaired) electrons. The third-order valence-electron chi connectivity index (χ3n) is 9.33. The molecule has 2 aliphatic carbocycles. The first-order valence-corrected chi connectivity index (χ1v) is 15.3. The first-order valence-electron chi connectivity index (χ1n) is 15.3. The maximum atomic E-state index is 13.1. The predicted molar refractivity (Wildman–Crippen MR) is 162 cm³/mol. The van der Waals surface area contributed by atoms with Crippen molar-refractivity contribution in [1.82, 2.24) is 10.2 Å². The number of carbonyl (C=O) groups is 2. The second kappa shape index (κ2) is 14.6. The van der Waals surface area contributed by atoms with Gasteiger partial charge in [-0.05, 0) is 74.2 Å². The zero-order valence-corrected chi connectivity index (χ0v) is 25.2. The topological polar surface area (TPSA) is 137 Å². The number of methoxy groups -OCH3 is 2. The highest BCUT2D eigenvalue weighted by atomic mass is 16.5.